The monoisotopic (exact) mass is 274 g/mol. The molecule has 0 unspecified atom stereocenters. The molecule has 0 saturated heterocycles. The van der Waals surface area contributed by atoms with Crippen LogP contribution in [0.4, 0.5) is 0 Å². The molecule has 1 aromatic rings. The largest absolute Gasteiger partial charge is 0.348 e. The smallest absolute Gasteiger partial charge is 0.255 e. The van der Waals surface area contributed by atoms with Gasteiger partial charge in [-0.1, -0.05) is 6.92 Å². The Bertz CT molecular complexity index is 403. The van der Waals surface area contributed by atoms with Crippen molar-refractivity contribution in [3.8, 4) is 0 Å². The molecule has 3 N–H and O–H groups in total. The highest BCUT2D eigenvalue weighted by Gasteiger charge is 2.19. The van der Waals surface area contributed by atoms with Crippen LogP contribution in [0.15, 0.2) is 0 Å². The van der Waals surface area contributed by atoms with Crippen molar-refractivity contribution in [2.24, 2.45) is 5.73 Å². The summed E-state index contributed by atoms with van der Waals surface area (Å²) in [6.07, 6.45) is 1.00. The average molecular weight is 275 g/mol. The number of carbonyl (C=O) groups excluding carboxylic acids is 1. The van der Waals surface area contributed by atoms with Crippen molar-refractivity contribution in [3.05, 3.63) is 17.0 Å². The Hall–Kier alpha value is -1.07. The second-order valence-corrected chi connectivity index (χ2v) is 4.38. The Morgan fingerprint density at radius 2 is 2.11 bits per heavy atom. The van der Waals surface area contributed by atoms with Crippen molar-refractivity contribution in [1.29, 1.82) is 0 Å². The van der Waals surface area contributed by atoms with E-state index in [1.807, 2.05) is 25.5 Å². The summed E-state index contributed by atoms with van der Waals surface area (Å²) in [5.74, 6) is -0.0831. The van der Waals surface area contributed by atoms with Crippen molar-refractivity contribution in [2.75, 3.05) is 6.54 Å². The highest BCUT2D eigenvalue weighted by molar-refractivity contribution is 5.96. The number of halogens is 1. The fourth-order valence-electron chi connectivity index (χ4n) is 1.81. The van der Waals surface area contributed by atoms with Gasteiger partial charge in [0.25, 0.3) is 5.91 Å². The number of aryl methyl sites for hydroxylation is 2. The van der Waals surface area contributed by atoms with Gasteiger partial charge in [0.05, 0.1) is 11.3 Å². The van der Waals surface area contributed by atoms with Crippen LogP contribution < -0.4 is 11.1 Å². The fraction of sp³-hybridized carbons (Fsp3) is 0.667. The fourth-order valence-corrected chi connectivity index (χ4v) is 1.81. The lowest BCUT2D eigenvalue weighted by atomic mass is 10.1. The van der Waals surface area contributed by atoms with E-state index in [0.29, 0.717) is 12.1 Å². The third-order valence-electron chi connectivity index (χ3n) is 2.78. The minimum Gasteiger partial charge on any atom is -0.348 e. The maximum Gasteiger partial charge on any atom is 0.255 e. The number of rotatable bonds is 5. The van der Waals surface area contributed by atoms with E-state index in [-0.39, 0.29) is 24.4 Å². The number of hydrogen-bond donors (Lipinski definition) is 2. The van der Waals surface area contributed by atoms with E-state index < -0.39 is 0 Å². The summed E-state index contributed by atoms with van der Waals surface area (Å²) < 4.78 is 1.89. The minimum absolute atomic E-state index is 0. The molecule has 0 aliphatic heterocycles. The van der Waals surface area contributed by atoms with Gasteiger partial charge in [-0.15, -0.1) is 12.4 Å². The van der Waals surface area contributed by atoms with Crippen LogP contribution in [0.25, 0.3) is 0 Å². The summed E-state index contributed by atoms with van der Waals surface area (Å²) in [6.45, 7) is 9.05. The summed E-state index contributed by atoms with van der Waals surface area (Å²) in [7, 11) is 0. The van der Waals surface area contributed by atoms with Gasteiger partial charge in [0.2, 0.25) is 0 Å². The third-order valence-corrected chi connectivity index (χ3v) is 2.78. The lowest BCUT2D eigenvalue weighted by Gasteiger charge is -2.11. The summed E-state index contributed by atoms with van der Waals surface area (Å²) >= 11 is 0. The molecule has 1 atom stereocenters. The molecule has 1 aromatic heterocycles. The number of nitrogens with one attached hydrogen (secondary N) is 1. The van der Waals surface area contributed by atoms with E-state index in [4.69, 9.17) is 5.73 Å². The highest BCUT2D eigenvalue weighted by atomic mass is 35.5. The molecule has 6 heteroatoms. The Balaban J connectivity index is 0.00000289. The van der Waals surface area contributed by atoms with Gasteiger partial charge in [-0.25, -0.2) is 0 Å². The topological polar surface area (TPSA) is 72.9 Å². The molecule has 104 valence electrons. The summed E-state index contributed by atoms with van der Waals surface area (Å²) in [6, 6.07) is -0.0178. The van der Waals surface area contributed by atoms with Gasteiger partial charge in [0.15, 0.2) is 0 Å². The molecule has 18 heavy (non-hydrogen) atoms. The van der Waals surface area contributed by atoms with Crippen LogP contribution in [0.1, 0.15) is 42.0 Å². The van der Waals surface area contributed by atoms with Crippen molar-refractivity contribution in [3.63, 3.8) is 0 Å². The van der Waals surface area contributed by atoms with Gasteiger partial charge in [-0.05, 0) is 27.2 Å². The Morgan fingerprint density at radius 1 is 1.50 bits per heavy atom. The van der Waals surface area contributed by atoms with E-state index >= 15 is 0 Å². The Morgan fingerprint density at radius 3 is 2.61 bits per heavy atom. The van der Waals surface area contributed by atoms with Crippen LogP contribution in [0.5, 0.6) is 0 Å². The molecular weight excluding hydrogens is 252 g/mol. The third kappa shape index (κ3) is 3.71. The zero-order chi connectivity index (χ0) is 13.0. The minimum atomic E-state index is -0.0831. The molecule has 1 heterocycles. The van der Waals surface area contributed by atoms with E-state index in [1.54, 1.807) is 0 Å². The SMILES string of the molecule is CCCn1nc(C)c(C(=O)N[C@@H](C)CN)c1C.Cl. The Labute approximate surface area is 115 Å². The van der Waals surface area contributed by atoms with Crippen molar-refractivity contribution in [2.45, 2.75) is 46.7 Å². The van der Waals surface area contributed by atoms with Crippen LogP contribution in [0.2, 0.25) is 0 Å². The van der Waals surface area contributed by atoms with E-state index in [2.05, 4.69) is 17.3 Å². The number of aromatic nitrogens is 2. The molecule has 0 bridgehead atoms. The predicted molar refractivity (Wildman–Crippen MR) is 75.2 cm³/mol. The standard InChI is InChI=1S/C12H22N4O.ClH/c1-5-6-16-10(4)11(9(3)15-16)12(17)14-8(2)7-13;/h8H,5-7,13H2,1-4H3,(H,14,17);1H/t8-;/m0./s1. The first kappa shape index (κ1) is 16.9. The molecule has 0 aliphatic rings. The molecule has 0 spiro atoms. The van der Waals surface area contributed by atoms with Gasteiger partial charge in [0, 0.05) is 24.8 Å². The van der Waals surface area contributed by atoms with Gasteiger partial charge in [-0.2, -0.15) is 5.10 Å². The van der Waals surface area contributed by atoms with E-state index in [9.17, 15) is 4.79 Å². The van der Waals surface area contributed by atoms with Crippen LogP contribution in [-0.4, -0.2) is 28.3 Å². The molecule has 0 aliphatic carbocycles. The van der Waals surface area contributed by atoms with E-state index in [1.165, 1.54) is 0 Å². The summed E-state index contributed by atoms with van der Waals surface area (Å²) in [4.78, 5) is 12.1. The van der Waals surface area contributed by atoms with Gasteiger partial charge in [0.1, 0.15) is 0 Å². The summed E-state index contributed by atoms with van der Waals surface area (Å²) in [5.41, 5.74) is 7.87. The zero-order valence-electron chi connectivity index (χ0n) is 11.5. The van der Waals surface area contributed by atoms with E-state index in [0.717, 1.165) is 24.4 Å². The van der Waals surface area contributed by atoms with Gasteiger partial charge in [-0.3, -0.25) is 9.48 Å². The first-order valence-electron chi connectivity index (χ1n) is 6.06. The quantitative estimate of drug-likeness (QED) is 0.853. The van der Waals surface area contributed by atoms with Crippen LogP contribution in [-0.2, 0) is 6.54 Å². The molecule has 1 amide bonds. The van der Waals surface area contributed by atoms with Crippen molar-refractivity contribution < 1.29 is 4.79 Å². The molecule has 0 fully saturated rings. The second kappa shape index (κ2) is 7.38. The molecular formula is C12H23ClN4O. The number of hydrogen-bond acceptors (Lipinski definition) is 3. The van der Waals surface area contributed by atoms with Gasteiger partial charge >= 0.3 is 0 Å². The van der Waals surface area contributed by atoms with Crippen LogP contribution in [0, 0.1) is 13.8 Å². The second-order valence-electron chi connectivity index (χ2n) is 4.38. The molecule has 5 nitrogen and oxygen atoms in total. The van der Waals surface area contributed by atoms with Gasteiger partial charge < -0.3 is 11.1 Å². The normalized spacial score (nSPS) is 11.8. The Kier molecular flexibility index (Phi) is 6.94. The average Bonchev–Trinajstić information content (AvgIpc) is 2.54. The number of amides is 1. The molecule has 0 aromatic carbocycles. The zero-order valence-corrected chi connectivity index (χ0v) is 12.3. The molecule has 1 rings (SSSR count). The first-order valence-corrected chi connectivity index (χ1v) is 6.06. The number of carbonyl (C=O) groups is 1. The van der Waals surface area contributed by atoms with Crippen molar-refractivity contribution >= 4 is 18.3 Å². The molecule has 0 saturated carbocycles. The van der Waals surface area contributed by atoms with Crippen LogP contribution in [0.3, 0.4) is 0 Å². The number of nitrogens with zero attached hydrogens (tertiary/aromatic N) is 2. The maximum absolute atomic E-state index is 12.1. The highest BCUT2D eigenvalue weighted by Crippen LogP contribution is 2.13. The first-order chi connectivity index (χ1) is 8.01. The van der Waals surface area contributed by atoms with Crippen LogP contribution >= 0.6 is 12.4 Å². The predicted octanol–water partition coefficient (Wildman–Crippen LogP) is 1.41. The number of nitrogens with two attached hydrogens (primary N) is 1. The van der Waals surface area contributed by atoms with Crippen molar-refractivity contribution in [1.82, 2.24) is 15.1 Å². The maximum atomic E-state index is 12.1. The lowest BCUT2D eigenvalue weighted by Crippen LogP contribution is -2.38. The summed E-state index contributed by atoms with van der Waals surface area (Å²) in [5, 5.41) is 7.24. The lowest BCUT2D eigenvalue weighted by molar-refractivity contribution is 0.0940. The molecule has 0 radical (unpaired) electrons.